The van der Waals surface area contributed by atoms with Gasteiger partial charge < -0.3 is 5.11 Å². The van der Waals surface area contributed by atoms with Crippen LogP contribution < -0.4 is 0 Å². The molecule has 0 saturated heterocycles. The van der Waals surface area contributed by atoms with Gasteiger partial charge in [0.05, 0.1) is 5.75 Å². The van der Waals surface area contributed by atoms with Gasteiger partial charge >= 0.3 is 29.6 Å². The molecule has 0 aromatic heterocycles. The molecule has 0 saturated carbocycles. The van der Waals surface area contributed by atoms with E-state index in [1.54, 1.807) is 12.1 Å². The van der Waals surface area contributed by atoms with Crippen LogP contribution in [0.25, 0.3) is 10.8 Å². The van der Waals surface area contributed by atoms with Crippen LogP contribution >= 0.6 is 0 Å². The number of aromatic hydroxyl groups is 1. The summed E-state index contributed by atoms with van der Waals surface area (Å²) in [4.78, 5) is 0. The molecule has 0 radical (unpaired) electrons. The molecule has 0 amide bonds. The maximum atomic E-state index is 10.6. The van der Waals surface area contributed by atoms with E-state index >= 15 is 0 Å². The third-order valence-electron chi connectivity index (χ3n) is 2.76. The number of rotatable bonds is 4. The Hall–Kier alpha value is -0.590. The van der Waals surface area contributed by atoms with Gasteiger partial charge in [-0.05, 0) is 41.3 Å². The van der Waals surface area contributed by atoms with Gasteiger partial charge in [0.25, 0.3) is 10.1 Å². The summed E-state index contributed by atoms with van der Waals surface area (Å²) in [5.74, 6) is 0.00211. The molecule has 0 aliphatic heterocycles. The van der Waals surface area contributed by atoms with Gasteiger partial charge in [0.1, 0.15) is 5.75 Å². The Kier molecular flexibility index (Phi) is 5.82. The van der Waals surface area contributed by atoms with Crippen LogP contribution in [-0.2, 0) is 16.5 Å². The summed E-state index contributed by atoms with van der Waals surface area (Å²) in [6, 6.07) is 10.8. The molecule has 0 bridgehead atoms. The molecule has 0 heterocycles. The summed E-state index contributed by atoms with van der Waals surface area (Å²) < 4.78 is 29.8. The average molecular weight is 290 g/mol. The van der Waals surface area contributed by atoms with Crippen molar-refractivity contribution in [2.75, 3.05) is 5.75 Å². The van der Waals surface area contributed by atoms with Gasteiger partial charge in [-0.2, -0.15) is 8.42 Å². The monoisotopic (exact) mass is 290 g/mol. The van der Waals surface area contributed by atoms with E-state index in [-0.39, 0.29) is 41.1 Å². The van der Waals surface area contributed by atoms with Gasteiger partial charge in [-0.1, -0.05) is 24.3 Å². The first-order valence-corrected chi connectivity index (χ1v) is 7.22. The number of phenols is 1. The SMILES string of the molecule is O=S(=O)(O)CCCc1ccc2cc(O)ccc2c1.[NaH]. The van der Waals surface area contributed by atoms with Gasteiger partial charge in [0.15, 0.2) is 0 Å². The molecular weight excluding hydrogens is 275 g/mol. The van der Waals surface area contributed by atoms with Crippen molar-refractivity contribution in [1.82, 2.24) is 0 Å². The summed E-state index contributed by atoms with van der Waals surface area (Å²) in [7, 11) is -3.88. The molecule has 0 aliphatic rings. The zero-order valence-electron chi connectivity index (χ0n) is 9.70. The van der Waals surface area contributed by atoms with Crippen molar-refractivity contribution in [3.8, 4) is 5.75 Å². The molecule has 2 N–H and O–H groups in total. The molecule has 2 rings (SSSR count). The van der Waals surface area contributed by atoms with Crippen molar-refractivity contribution in [1.29, 1.82) is 0 Å². The van der Waals surface area contributed by atoms with Crippen LogP contribution in [0.4, 0.5) is 0 Å². The fraction of sp³-hybridized carbons (Fsp3) is 0.231. The van der Waals surface area contributed by atoms with Crippen molar-refractivity contribution in [3.05, 3.63) is 42.0 Å². The third-order valence-corrected chi connectivity index (χ3v) is 3.56. The Morgan fingerprint density at radius 3 is 2.32 bits per heavy atom. The molecule has 2 aromatic carbocycles. The van der Waals surface area contributed by atoms with E-state index in [2.05, 4.69) is 0 Å². The van der Waals surface area contributed by atoms with Crippen LogP contribution in [-0.4, -0.2) is 53.4 Å². The number of benzene rings is 2. The molecule has 98 valence electrons. The molecule has 19 heavy (non-hydrogen) atoms. The van der Waals surface area contributed by atoms with Gasteiger partial charge in [0, 0.05) is 0 Å². The van der Waals surface area contributed by atoms with Gasteiger partial charge in [-0.3, -0.25) is 4.55 Å². The molecule has 2 aromatic rings. The van der Waals surface area contributed by atoms with E-state index in [1.165, 1.54) is 0 Å². The predicted octanol–water partition coefficient (Wildman–Crippen LogP) is 1.72. The van der Waals surface area contributed by atoms with Crippen molar-refractivity contribution in [3.63, 3.8) is 0 Å². The Labute approximate surface area is 134 Å². The van der Waals surface area contributed by atoms with Crippen molar-refractivity contribution in [2.24, 2.45) is 0 Å². The number of aryl methyl sites for hydroxylation is 1. The van der Waals surface area contributed by atoms with E-state index in [9.17, 15) is 13.5 Å². The molecule has 6 heteroatoms. The minimum absolute atomic E-state index is 0. The standard InChI is InChI=1S/C13H14O4S.Na.H/c14-13-6-5-11-8-10(3-4-12(11)9-13)2-1-7-18(15,16)17;;/h3-6,8-9,14H,1-2,7H2,(H,15,16,17);;. The maximum absolute atomic E-state index is 10.6. The van der Waals surface area contributed by atoms with Gasteiger partial charge in [-0.25, -0.2) is 0 Å². The molecular formula is C13H15NaO4S. The second-order valence-corrected chi connectivity index (χ2v) is 5.83. The predicted molar refractivity (Wildman–Crippen MR) is 77.5 cm³/mol. The molecule has 0 fully saturated rings. The van der Waals surface area contributed by atoms with Crippen LogP contribution in [0.1, 0.15) is 12.0 Å². The first kappa shape index (κ1) is 16.5. The van der Waals surface area contributed by atoms with Crippen molar-refractivity contribution >= 4 is 50.4 Å². The summed E-state index contributed by atoms with van der Waals surface area (Å²) in [6.07, 6.45) is 0.985. The number of hydrogen-bond donors (Lipinski definition) is 2. The van der Waals surface area contributed by atoms with Crippen LogP contribution in [0, 0.1) is 0 Å². The Morgan fingerprint density at radius 1 is 1.00 bits per heavy atom. The molecule has 0 atom stereocenters. The van der Waals surface area contributed by atoms with Crippen LogP contribution in [0.15, 0.2) is 36.4 Å². The second kappa shape index (κ2) is 6.72. The van der Waals surface area contributed by atoms with E-state index in [0.29, 0.717) is 12.8 Å². The number of hydrogen-bond acceptors (Lipinski definition) is 3. The van der Waals surface area contributed by atoms with E-state index in [4.69, 9.17) is 4.55 Å². The Balaban J connectivity index is 0.00000180. The molecule has 0 spiro atoms. The molecule has 4 nitrogen and oxygen atoms in total. The fourth-order valence-electron chi connectivity index (χ4n) is 1.90. The number of phenolic OH excluding ortho intramolecular Hbond substituents is 1. The van der Waals surface area contributed by atoms with Crippen LogP contribution in [0.5, 0.6) is 5.75 Å². The van der Waals surface area contributed by atoms with Crippen LogP contribution in [0.3, 0.4) is 0 Å². The van der Waals surface area contributed by atoms with E-state index in [1.807, 2.05) is 24.3 Å². The topological polar surface area (TPSA) is 74.6 Å². The Bertz CT molecular complexity index is 667. The fourth-order valence-corrected chi connectivity index (χ4v) is 2.41. The van der Waals surface area contributed by atoms with Gasteiger partial charge in [-0.15, -0.1) is 0 Å². The third kappa shape index (κ3) is 5.12. The molecule has 0 aliphatic carbocycles. The summed E-state index contributed by atoms with van der Waals surface area (Å²) >= 11 is 0. The van der Waals surface area contributed by atoms with E-state index < -0.39 is 10.1 Å². The summed E-state index contributed by atoms with van der Waals surface area (Å²) in [6.45, 7) is 0. The normalized spacial score (nSPS) is 11.2. The Morgan fingerprint density at radius 2 is 1.63 bits per heavy atom. The number of fused-ring (bicyclic) bond motifs is 1. The zero-order chi connectivity index (χ0) is 13.2. The van der Waals surface area contributed by atoms with Crippen molar-refractivity contribution < 1.29 is 18.1 Å². The summed E-state index contributed by atoms with van der Waals surface area (Å²) in [5.41, 5.74) is 1.01. The van der Waals surface area contributed by atoms with Crippen molar-refractivity contribution in [2.45, 2.75) is 12.8 Å². The minimum atomic E-state index is -3.88. The first-order chi connectivity index (χ1) is 8.44. The molecule has 0 unspecified atom stereocenters. The quantitative estimate of drug-likeness (QED) is 0.664. The second-order valence-electron chi connectivity index (χ2n) is 4.26. The average Bonchev–Trinajstić information content (AvgIpc) is 2.27. The van der Waals surface area contributed by atoms with Crippen LogP contribution in [0.2, 0.25) is 0 Å². The van der Waals surface area contributed by atoms with Gasteiger partial charge in [0.2, 0.25) is 0 Å². The zero-order valence-corrected chi connectivity index (χ0v) is 10.5. The summed E-state index contributed by atoms with van der Waals surface area (Å²) in [5, 5.41) is 11.3. The van der Waals surface area contributed by atoms with E-state index in [0.717, 1.165) is 16.3 Å². The first-order valence-electron chi connectivity index (χ1n) is 5.61.